The second-order valence-corrected chi connectivity index (χ2v) is 4.69. The minimum Gasteiger partial charge on any atom is -0.355 e. The lowest BCUT2D eigenvalue weighted by Crippen LogP contribution is -2.30. The number of hydrogen-bond donors (Lipinski definition) is 2. The molecule has 1 aromatic heterocycles. The molecule has 0 fully saturated rings. The molecule has 4 nitrogen and oxygen atoms in total. The fraction of sp³-hybridized carbons (Fsp3) is 0.200. The number of nitrogens with zero attached hydrogens (tertiary/aromatic N) is 1. The summed E-state index contributed by atoms with van der Waals surface area (Å²) >= 11 is 0. The zero-order valence-corrected chi connectivity index (χ0v) is 11.4. The monoisotopic (exact) mass is 273 g/mol. The van der Waals surface area contributed by atoms with E-state index in [-0.39, 0.29) is 17.8 Å². The predicted molar refractivity (Wildman–Crippen MR) is 76.5 cm³/mol. The van der Waals surface area contributed by atoms with E-state index in [1.807, 2.05) is 13.8 Å². The molecule has 2 rings (SSSR count). The summed E-state index contributed by atoms with van der Waals surface area (Å²) in [7, 11) is 0. The number of rotatable bonds is 4. The van der Waals surface area contributed by atoms with Gasteiger partial charge < -0.3 is 10.6 Å². The highest BCUT2D eigenvalue weighted by molar-refractivity contribution is 5.93. The summed E-state index contributed by atoms with van der Waals surface area (Å²) in [5.74, 6) is -0.551. The average molecular weight is 273 g/mol. The minimum absolute atomic E-state index is 0.0455. The van der Waals surface area contributed by atoms with Crippen molar-refractivity contribution in [2.24, 2.45) is 0 Å². The van der Waals surface area contributed by atoms with Gasteiger partial charge in [0.2, 0.25) is 0 Å². The van der Waals surface area contributed by atoms with Crippen LogP contribution >= 0.6 is 0 Å². The molecule has 0 aliphatic carbocycles. The van der Waals surface area contributed by atoms with Crippen molar-refractivity contribution in [1.82, 2.24) is 10.3 Å². The Kier molecular flexibility index (Phi) is 4.30. The number of halogens is 1. The van der Waals surface area contributed by atoms with Crippen LogP contribution in [-0.4, -0.2) is 16.9 Å². The van der Waals surface area contributed by atoms with Gasteiger partial charge in [-0.15, -0.1) is 0 Å². The Morgan fingerprint density at radius 1 is 1.20 bits per heavy atom. The number of carbonyl (C=O) groups excluding carboxylic acids is 1. The van der Waals surface area contributed by atoms with E-state index < -0.39 is 0 Å². The highest BCUT2D eigenvalue weighted by Crippen LogP contribution is 2.17. The van der Waals surface area contributed by atoms with Crippen molar-refractivity contribution in [2.45, 2.75) is 19.9 Å². The van der Waals surface area contributed by atoms with Gasteiger partial charge in [0.05, 0.1) is 0 Å². The Morgan fingerprint density at radius 2 is 1.95 bits per heavy atom. The number of hydrogen-bond acceptors (Lipinski definition) is 3. The van der Waals surface area contributed by atoms with Gasteiger partial charge in [-0.25, -0.2) is 4.39 Å². The number of pyridine rings is 1. The SMILES string of the molecule is CC(C)NC(=O)c1cc(Nc2cccc(F)c2)ccn1. The van der Waals surface area contributed by atoms with Crippen LogP contribution in [0.25, 0.3) is 0 Å². The van der Waals surface area contributed by atoms with Crippen LogP contribution in [-0.2, 0) is 0 Å². The molecule has 0 unspecified atom stereocenters. The van der Waals surface area contributed by atoms with Gasteiger partial charge >= 0.3 is 0 Å². The average Bonchev–Trinajstić information content (AvgIpc) is 2.38. The van der Waals surface area contributed by atoms with Gasteiger partial charge in [0.15, 0.2) is 0 Å². The third-order valence-corrected chi connectivity index (χ3v) is 2.53. The highest BCUT2D eigenvalue weighted by Gasteiger charge is 2.09. The van der Waals surface area contributed by atoms with E-state index in [0.717, 1.165) is 0 Å². The van der Waals surface area contributed by atoms with Gasteiger partial charge in [-0.2, -0.15) is 0 Å². The zero-order valence-electron chi connectivity index (χ0n) is 11.4. The maximum Gasteiger partial charge on any atom is 0.270 e. The summed E-state index contributed by atoms with van der Waals surface area (Å²) in [5, 5.41) is 5.80. The molecular formula is C15H16FN3O. The Bertz CT molecular complexity index is 614. The third kappa shape index (κ3) is 3.78. The van der Waals surface area contributed by atoms with Crippen LogP contribution in [0.15, 0.2) is 42.6 Å². The fourth-order valence-electron chi connectivity index (χ4n) is 1.70. The van der Waals surface area contributed by atoms with Gasteiger partial charge in [-0.1, -0.05) is 6.07 Å². The van der Waals surface area contributed by atoms with Gasteiger partial charge in [-0.3, -0.25) is 9.78 Å². The maximum absolute atomic E-state index is 13.1. The minimum atomic E-state index is -0.318. The van der Waals surface area contributed by atoms with E-state index in [0.29, 0.717) is 17.1 Å². The first-order chi connectivity index (χ1) is 9.54. The number of nitrogens with one attached hydrogen (secondary N) is 2. The van der Waals surface area contributed by atoms with Crippen molar-refractivity contribution in [2.75, 3.05) is 5.32 Å². The van der Waals surface area contributed by atoms with Gasteiger partial charge in [0, 0.05) is 23.6 Å². The molecule has 20 heavy (non-hydrogen) atoms. The van der Waals surface area contributed by atoms with Gasteiger partial charge in [0.25, 0.3) is 5.91 Å². The first-order valence-corrected chi connectivity index (χ1v) is 6.34. The number of anilines is 2. The van der Waals surface area contributed by atoms with E-state index in [1.54, 1.807) is 24.3 Å². The van der Waals surface area contributed by atoms with E-state index >= 15 is 0 Å². The lowest BCUT2D eigenvalue weighted by Gasteiger charge is -2.10. The van der Waals surface area contributed by atoms with Crippen LogP contribution in [0.1, 0.15) is 24.3 Å². The quantitative estimate of drug-likeness (QED) is 0.900. The molecular weight excluding hydrogens is 257 g/mol. The molecule has 0 atom stereocenters. The second kappa shape index (κ2) is 6.14. The molecule has 0 saturated carbocycles. The molecule has 0 aliphatic heterocycles. The molecule has 104 valence electrons. The standard InChI is InChI=1S/C15H16FN3O/c1-10(2)18-15(20)14-9-13(6-7-17-14)19-12-5-3-4-11(16)8-12/h3-10H,1-2H3,(H,17,19)(H,18,20). The lowest BCUT2D eigenvalue weighted by molar-refractivity contribution is 0.0938. The van der Waals surface area contributed by atoms with Crippen LogP contribution in [0, 0.1) is 5.82 Å². The summed E-state index contributed by atoms with van der Waals surface area (Å²) in [6, 6.07) is 9.51. The topological polar surface area (TPSA) is 54.0 Å². The Labute approximate surface area is 117 Å². The molecule has 0 radical (unpaired) electrons. The van der Waals surface area contributed by atoms with Crippen molar-refractivity contribution in [3.05, 3.63) is 54.1 Å². The van der Waals surface area contributed by atoms with Crippen LogP contribution in [0.5, 0.6) is 0 Å². The maximum atomic E-state index is 13.1. The van der Waals surface area contributed by atoms with Crippen molar-refractivity contribution >= 4 is 17.3 Å². The van der Waals surface area contributed by atoms with Crippen LogP contribution < -0.4 is 10.6 Å². The predicted octanol–water partition coefficient (Wildman–Crippen LogP) is 3.10. The van der Waals surface area contributed by atoms with E-state index in [9.17, 15) is 9.18 Å². The largest absolute Gasteiger partial charge is 0.355 e. The fourth-order valence-corrected chi connectivity index (χ4v) is 1.70. The van der Waals surface area contributed by atoms with E-state index in [2.05, 4.69) is 15.6 Å². The highest BCUT2D eigenvalue weighted by atomic mass is 19.1. The van der Waals surface area contributed by atoms with Crippen molar-refractivity contribution in [1.29, 1.82) is 0 Å². The Morgan fingerprint density at radius 3 is 2.65 bits per heavy atom. The smallest absolute Gasteiger partial charge is 0.270 e. The molecule has 0 bridgehead atoms. The molecule has 5 heteroatoms. The summed E-state index contributed by atoms with van der Waals surface area (Å²) in [4.78, 5) is 15.9. The molecule has 2 aromatic rings. The molecule has 0 saturated heterocycles. The summed E-state index contributed by atoms with van der Waals surface area (Å²) < 4.78 is 13.1. The number of carbonyl (C=O) groups is 1. The lowest BCUT2D eigenvalue weighted by atomic mass is 10.2. The van der Waals surface area contributed by atoms with Crippen molar-refractivity contribution < 1.29 is 9.18 Å². The van der Waals surface area contributed by atoms with Crippen molar-refractivity contribution in [3.63, 3.8) is 0 Å². The van der Waals surface area contributed by atoms with E-state index in [4.69, 9.17) is 0 Å². The van der Waals surface area contributed by atoms with Crippen LogP contribution in [0.3, 0.4) is 0 Å². The summed E-state index contributed by atoms with van der Waals surface area (Å²) in [6.45, 7) is 3.76. The Hall–Kier alpha value is -2.43. The first-order valence-electron chi connectivity index (χ1n) is 6.34. The van der Waals surface area contributed by atoms with Gasteiger partial charge in [0.1, 0.15) is 11.5 Å². The molecule has 0 aliphatic rings. The molecule has 1 heterocycles. The molecule has 1 amide bonds. The third-order valence-electron chi connectivity index (χ3n) is 2.53. The van der Waals surface area contributed by atoms with Crippen LogP contribution in [0.4, 0.5) is 15.8 Å². The second-order valence-electron chi connectivity index (χ2n) is 4.69. The Balaban J connectivity index is 2.15. The molecule has 1 aromatic carbocycles. The van der Waals surface area contributed by atoms with E-state index in [1.165, 1.54) is 18.3 Å². The number of benzene rings is 1. The summed E-state index contributed by atoms with van der Waals surface area (Å²) in [5.41, 5.74) is 1.62. The number of aromatic nitrogens is 1. The molecule has 2 N–H and O–H groups in total. The summed E-state index contributed by atoms with van der Waals surface area (Å²) in [6.07, 6.45) is 1.54. The van der Waals surface area contributed by atoms with Gasteiger partial charge in [-0.05, 0) is 44.2 Å². The first kappa shape index (κ1) is 14.0. The number of amides is 1. The zero-order chi connectivity index (χ0) is 14.5. The molecule has 0 spiro atoms. The van der Waals surface area contributed by atoms with Crippen molar-refractivity contribution in [3.8, 4) is 0 Å². The normalized spacial score (nSPS) is 10.4. The van der Waals surface area contributed by atoms with Crippen LogP contribution in [0.2, 0.25) is 0 Å².